The van der Waals surface area contributed by atoms with Gasteiger partial charge in [-0.1, -0.05) is 37.7 Å². The Balaban J connectivity index is 2.18. The van der Waals surface area contributed by atoms with Gasteiger partial charge in [0.05, 0.1) is 24.2 Å². The molecule has 0 radical (unpaired) electrons. The minimum Gasteiger partial charge on any atom is -0.466 e. The van der Waals surface area contributed by atoms with Gasteiger partial charge in [0.15, 0.2) is 5.16 Å². The van der Waals surface area contributed by atoms with Crippen molar-refractivity contribution in [1.29, 1.82) is 0 Å². The van der Waals surface area contributed by atoms with Crippen molar-refractivity contribution in [1.82, 2.24) is 9.97 Å². The van der Waals surface area contributed by atoms with Crippen molar-refractivity contribution in [2.24, 2.45) is 5.92 Å². The Labute approximate surface area is 166 Å². The molecule has 1 atom stereocenters. The first-order chi connectivity index (χ1) is 13.3. The average molecular weight is 403 g/mol. The monoisotopic (exact) mass is 403 g/mol. The van der Waals surface area contributed by atoms with Crippen molar-refractivity contribution in [2.75, 3.05) is 18.2 Å². The third kappa shape index (κ3) is 3.96. The number of H-pyrrole nitrogens is 1. The van der Waals surface area contributed by atoms with Crippen molar-refractivity contribution >= 4 is 23.5 Å². The van der Waals surface area contributed by atoms with E-state index in [0.717, 1.165) is 5.75 Å². The van der Waals surface area contributed by atoms with E-state index in [2.05, 4.69) is 29.1 Å². The maximum absolute atomic E-state index is 13.9. The average Bonchev–Trinajstić information content (AvgIpc) is 2.64. The standard InChI is InChI=1S/C20H22FN3O3S/c1-10(2)9-28-20-23-17-16(18(25)24-20)15(12-6-5-7-13(21)8-12)14(11(3)22-17)19(26)27-4/h5-8,10,15H,9H2,1-4H3,(H2,22,23,24,25)/t15-/m0/s1. The summed E-state index contributed by atoms with van der Waals surface area (Å²) in [6.45, 7) is 5.87. The second kappa shape index (κ2) is 8.18. The second-order valence-corrected chi connectivity index (χ2v) is 7.99. The molecule has 0 aliphatic carbocycles. The Morgan fingerprint density at radius 2 is 2.14 bits per heavy atom. The summed E-state index contributed by atoms with van der Waals surface area (Å²) < 4.78 is 18.8. The molecule has 0 bridgehead atoms. The first-order valence-electron chi connectivity index (χ1n) is 8.90. The quantitative estimate of drug-likeness (QED) is 0.450. The number of nitrogens with zero attached hydrogens (tertiary/aromatic N) is 1. The molecule has 0 saturated heterocycles. The van der Waals surface area contributed by atoms with Crippen LogP contribution in [0.2, 0.25) is 0 Å². The summed E-state index contributed by atoms with van der Waals surface area (Å²) in [4.78, 5) is 32.7. The molecule has 6 nitrogen and oxygen atoms in total. The number of ether oxygens (including phenoxy) is 1. The fraction of sp³-hybridized carbons (Fsp3) is 0.350. The summed E-state index contributed by atoms with van der Waals surface area (Å²) >= 11 is 1.45. The maximum Gasteiger partial charge on any atom is 0.336 e. The molecule has 2 aromatic rings. The van der Waals surface area contributed by atoms with Crippen molar-refractivity contribution in [2.45, 2.75) is 31.8 Å². The topological polar surface area (TPSA) is 84.1 Å². The molecule has 1 aliphatic rings. The first-order valence-corrected chi connectivity index (χ1v) is 9.89. The number of benzene rings is 1. The van der Waals surface area contributed by atoms with Crippen molar-refractivity contribution in [3.05, 3.63) is 62.8 Å². The minimum absolute atomic E-state index is 0.260. The van der Waals surface area contributed by atoms with E-state index in [1.807, 2.05) is 0 Å². The van der Waals surface area contributed by atoms with E-state index in [-0.39, 0.29) is 16.7 Å². The molecule has 1 aliphatic heterocycles. The number of fused-ring (bicyclic) bond motifs is 1. The molecule has 0 amide bonds. The van der Waals surface area contributed by atoms with Gasteiger partial charge in [-0.05, 0) is 30.5 Å². The first kappa shape index (κ1) is 20.1. The number of thioether (sulfide) groups is 1. The van der Waals surface area contributed by atoms with Crippen LogP contribution < -0.4 is 10.9 Å². The lowest BCUT2D eigenvalue weighted by Gasteiger charge is -2.28. The molecule has 0 spiro atoms. The van der Waals surface area contributed by atoms with Crippen LogP contribution >= 0.6 is 11.8 Å². The minimum atomic E-state index is -0.778. The molecule has 1 aromatic heterocycles. The molecule has 0 saturated carbocycles. The van der Waals surface area contributed by atoms with E-state index < -0.39 is 17.7 Å². The molecule has 3 rings (SSSR count). The molecular formula is C20H22FN3O3S. The van der Waals surface area contributed by atoms with Gasteiger partial charge in [0.25, 0.3) is 5.56 Å². The van der Waals surface area contributed by atoms with Crippen LogP contribution in [0.4, 0.5) is 10.2 Å². The van der Waals surface area contributed by atoms with Gasteiger partial charge in [0.1, 0.15) is 11.6 Å². The van der Waals surface area contributed by atoms with Gasteiger partial charge in [-0.3, -0.25) is 4.79 Å². The Bertz CT molecular complexity index is 1000. The van der Waals surface area contributed by atoms with Gasteiger partial charge in [0, 0.05) is 11.4 Å². The number of aromatic amines is 1. The molecule has 8 heteroatoms. The zero-order valence-corrected chi connectivity index (χ0v) is 16.9. The van der Waals surface area contributed by atoms with Crippen LogP contribution in [0.3, 0.4) is 0 Å². The zero-order valence-electron chi connectivity index (χ0n) is 16.1. The van der Waals surface area contributed by atoms with Gasteiger partial charge in [-0.25, -0.2) is 14.2 Å². The van der Waals surface area contributed by atoms with Crippen LogP contribution in [-0.4, -0.2) is 28.8 Å². The van der Waals surface area contributed by atoms with Gasteiger partial charge in [-0.2, -0.15) is 0 Å². The third-order valence-electron chi connectivity index (χ3n) is 4.36. The van der Waals surface area contributed by atoms with E-state index in [4.69, 9.17) is 4.74 Å². The number of hydrogen-bond donors (Lipinski definition) is 2. The number of allylic oxidation sites excluding steroid dienone is 1. The number of aromatic nitrogens is 2. The highest BCUT2D eigenvalue weighted by Crippen LogP contribution is 2.40. The van der Waals surface area contributed by atoms with E-state index in [1.165, 1.54) is 31.0 Å². The van der Waals surface area contributed by atoms with Gasteiger partial charge in [0.2, 0.25) is 0 Å². The second-order valence-electron chi connectivity index (χ2n) is 6.98. The van der Waals surface area contributed by atoms with Crippen molar-refractivity contribution < 1.29 is 13.9 Å². The Morgan fingerprint density at radius 1 is 1.39 bits per heavy atom. The summed E-state index contributed by atoms with van der Waals surface area (Å²) in [7, 11) is 1.27. The summed E-state index contributed by atoms with van der Waals surface area (Å²) in [5, 5.41) is 3.55. The molecule has 148 valence electrons. The van der Waals surface area contributed by atoms with E-state index in [1.54, 1.807) is 19.1 Å². The summed E-state index contributed by atoms with van der Waals surface area (Å²) in [5.74, 6) is -0.200. The lowest BCUT2D eigenvalue weighted by Crippen LogP contribution is -2.31. The van der Waals surface area contributed by atoms with Gasteiger partial charge >= 0.3 is 5.97 Å². The number of anilines is 1. The predicted octanol–water partition coefficient (Wildman–Crippen LogP) is 3.66. The Hall–Kier alpha value is -2.61. The number of esters is 1. The number of methoxy groups -OCH3 is 1. The highest BCUT2D eigenvalue weighted by atomic mass is 32.2. The van der Waals surface area contributed by atoms with Crippen LogP contribution in [0, 0.1) is 11.7 Å². The molecule has 1 aromatic carbocycles. The third-order valence-corrected chi connectivity index (χ3v) is 5.66. The van der Waals surface area contributed by atoms with Crippen molar-refractivity contribution in [3.63, 3.8) is 0 Å². The fourth-order valence-electron chi connectivity index (χ4n) is 3.14. The summed E-state index contributed by atoms with van der Waals surface area (Å²) in [5.41, 5.74) is 1.16. The number of halogens is 1. The SMILES string of the molecule is COC(=O)C1=C(C)Nc2nc(SCC(C)C)[nH]c(=O)c2[C@H]1c1cccc(F)c1. The number of nitrogens with one attached hydrogen (secondary N) is 2. The van der Waals surface area contributed by atoms with Crippen LogP contribution in [0.1, 0.15) is 37.8 Å². The normalized spacial score (nSPS) is 16.0. The maximum atomic E-state index is 13.9. The molecule has 2 N–H and O–H groups in total. The highest BCUT2D eigenvalue weighted by molar-refractivity contribution is 7.99. The highest BCUT2D eigenvalue weighted by Gasteiger charge is 2.36. The number of hydrogen-bond acceptors (Lipinski definition) is 6. The lowest BCUT2D eigenvalue weighted by molar-refractivity contribution is -0.136. The van der Waals surface area contributed by atoms with Crippen molar-refractivity contribution in [3.8, 4) is 0 Å². The summed E-state index contributed by atoms with van der Waals surface area (Å²) in [6.07, 6.45) is 0. The lowest BCUT2D eigenvalue weighted by atomic mass is 9.82. The number of rotatable bonds is 5. The van der Waals surface area contributed by atoms with E-state index in [9.17, 15) is 14.0 Å². The Kier molecular flexibility index (Phi) is 5.88. The van der Waals surface area contributed by atoms with E-state index in [0.29, 0.717) is 28.2 Å². The molecule has 0 fully saturated rings. The van der Waals surface area contributed by atoms with Crippen LogP contribution in [0.5, 0.6) is 0 Å². The predicted molar refractivity (Wildman–Crippen MR) is 107 cm³/mol. The van der Waals surface area contributed by atoms with Crippen LogP contribution in [0.25, 0.3) is 0 Å². The number of carbonyl (C=O) groups is 1. The molecule has 28 heavy (non-hydrogen) atoms. The molecule has 2 heterocycles. The molecular weight excluding hydrogens is 381 g/mol. The Morgan fingerprint density at radius 3 is 2.79 bits per heavy atom. The van der Waals surface area contributed by atoms with E-state index >= 15 is 0 Å². The largest absolute Gasteiger partial charge is 0.466 e. The van der Waals surface area contributed by atoms with Crippen LogP contribution in [-0.2, 0) is 9.53 Å². The van der Waals surface area contributed by atoms with Crippen LogP contribution in [0.15, 0.2) is 45.5 Å². The summed E-state index contributed by atoms with van der Waals surface area (Å²) in [6, 6.07) is 5.86. The fourth-order valence-corrected chi connectivity index (χ4v) is 3.96. The van der Waals surface area contributed by atoms with Gasteiger partial charge in [-0.15, -0.1) is 0 Å². The van der Waals surface area contributed by atoms with Gasteiger partial charge < -0.3 is 15.0 Å². The smallest absolute Gasteiger partial charge is 0.336 e. The zero-order chi connectivity index (χ0) is 20.4. The molecule has 0 unspecified atom stereocenters. The number of carbonyl (C=O) groups excluding carboxylic acids is 1.